The van der Waals surface area contributed by atoms with Crippen LogP contribution in [0.25, 0.3) is 0 Å². The Balaban J connectivity index is 2.76. The zero-order valence-corrected chi connectivity index (χ0v) is 13.7. The van der Waals surface area contributed by atoms with Crippen LogP contribution in [0.15, 0.2) is 21.1 Å². The fourth-order valence-corrected chi connectivity index (χ4v) is 2.91. The first kappa shape index (κ1) is 14.8. The van der Waals surface area contributed by atoms with Crippen LogP contribution >= 0.6 is 31.9 Å². The summed E-state index contributed by atoms with van der Waals surface area (Å²) in [5.41, 5.74) is 1.08. The van der Waals surface area contributed by atoms with E-state index >= 15 is 0 Å². The zero-order valence-electron chi connectivity index (χ0n) is 10.5. The molecule has 1 aromatic carbocycles. The Morgan fingerprint density at radius 3 is 2.59 bits per heavy atom. The molecule has 0 aliphatic heterocycles. The molecule has 1 unspecified atom stereocenters. The molecule has 0 amide bonds. The van der Waals surface area contributed by atoms with Gasteiger partial charge in [0.05, 0.1) is 17.3 Å². The predicted octanol–water partition coefficient (Wildman–Crippen LogP) is 5.21. The van der Waals surface area contributed by atoms with Crippen LogP contribution in [0.4, 0.5) is 5.69 Å². The van der Waals surface area contributed by atoms with E-state index in [1.807, 2.05) is 12.1 Å². The smallest absolute Gasteiger partial charge is 0.135 e. The Bertz CT molecular complexity index is 369. The lowest BCUT2D eigenvalue weighted by Gasteiger charge is -2.17. The third-order valence-corrected chi connectivity index (χ3v) is 3.91. The van der Waals surface area contributed by atoms with E-state index < -0.39 is 0 Å². The third-order valence-electron chi connectivity index (χ3n) is 2.63. The second-order valence-electron chi connectivity index (χ2n) is 4.15. The number of benzene rings is 1. The fourth-order valence-electron chi connectivity index (χ4n) is 1.64. The molecule has 1 rings (SSSR count). The van der Waals surface area contributed by atoms with Gasteiger partial charge in [0.25, 0.3) is 0 Å². The third kappa shape index (κ3) is 4.51. The van der Waals surface area contributed by atoms with Crippen molar-refractivity contribution >= 4 is 37.5 Å². The molecule has 1 N–H and O–H groups in total. The number of halogens is 2. The van der Waals surface area contributed by atoms with Crippen LogP contribution in [0.3, 0.4) is 0 Å². The molecule has 0 aliphatic carbocycles. The topological polar surface area (TPSA) is 21.3 Å². The van der Waals surface area contributed by atoms with Gasteiger partial charge in [0.2, 0.25) is 0 Å². The highest BCUT2D eigenvalue weighted by Crippen LogP contribution is 2.35. The number of unbranched alkanes of at least 4 members (excludes halogenated alkanes) is 1. The summed E-state index contributed by atoms with van der Waals surface area (Å²) >= 11 is 7.03. The van der Waals surface area contributed by atoms with Crippen LogP contribution in [-0.2, 0) is 0 Å². The minimum atomic E-state index is 0.470. The van der Waals surface area contributed by atoms with Crippen LogP contribution in [0.2, 0.25) is 0 Å². The van der Waals surface area contributed by atoms with Crippen molar-refractivity contribution in [2.24, 2.45) is 0 Å². The second-order valence-corrected chi connectivity index (χ2v) is 5.86. The maximum absolute atomic E-state index is 5.30. The number of nitrogens with one attached hydrogen (secondary N) is 1. The first-order valence-corrected chi connectivity index (χ1v) is 7.46. The van der Waals surface area contributed by atoms with Gasteiger partial charge in [0.1, 0.15) is 5.75 Å². The van der Waals surface area contributed by atoms with Gasteiger partial charge in [-0.3, -0.25) is 0 Å². The summed E-state index contributed by atoms with van der Waals surface area (Å²) in [6.45, 7) is 4.42. The predicted molar refractivity (Wildman–Crippen MR) is 81.0 cm³/mol. The minimum absolute atomic E-state index is 0.470. The number of rotatable bonds is 6. The molecule has 0 spiro atoms. The van der Waals surface area contributed by atoms with Crippen molar-refractivity contribution in [1.29, 1.82) is 0 Å². The van der Waals surface area contributed by atoms with E-state index in [0.717, 1.165) is 20.4 Å². The molecule has 0 fully saturated rings. The van der Waals surface area contributed by atoms with E-state index in [1.165, 1.54) is 19.3 Å². The summed E-state index contributed by atoms with van der Waals surface area (Å²) in [6, 6.07) is 4.49. The molecular formula is C13H19Br2NO. The highest BCUT2D eigenvalue weighted by Gasteiger charge is 2.09. The lowest BCUT2D eigenvalue weighted by Crippen LogP contribution is -2.15. The number of methoxy groups -OCH3 is 1. The van der Waals surface area contributed by atoms with Gasteiger partial charge in [-0.05, 0) is 51.3 Å². The van der Waals surface area contributed by atoms with Crippen molar-refractivity contribution in [1.82, 2.24) is 0 Å². The van der Waals surface area contributed by atoms with Crippen molar-refractivity contribution in [2.75, 3.05) is 12.4 Å². The van der Waals surface area contributed by atoms with Crippen LogP contribution in [-0.4, -0.2) is 13.2 Å². The summed E-state index contributed by atoms with van der Waals surface area (Å²) in [4.78, 5) is 0. The molecule has 0 aromatic heterocycles. The van der Waals surface area contributed by atoms with Crippen molar-refractivity contribution in [3.05, 3.63) is 21.1 Å². The summed E-state index contributed by atoms with van der Waals surface area (Å²) < 4.78 is 7.30. The largest absolute Gasteiger partial charge is 0.495 e. The normalized spacial score (nSPS) is 12.3. The number of hydrogen-bond acceptors (Lipinski definition) is 2. The average Bonchev–Trinajstić information content (AvgIpc) is 2.30. The quantitative estimate of drug-likeness (QED) is 0.747. The number of hydrogen-bond donors (Lipinski definition) is 1. The summed E-state index contributed by atoms with van der Waals surface area (Å²) in [6.07, 6.45) is 3.66. The van der Waals surface area contributed by atoms with E-state index in [2.05, 4.69) is 51.0 Å². The Labute approximate surface area is 120 Å². The highest BCUT2D eigenvalue weighted by atomic mass is 79.9. The molecule has 96 valence electrons. The molecule has 1 atom stereocenters. The Kier molecular flexibility index (Phi) is 6.34. The van der Waals surface area contributed by atoms with Crippen molar-refractivity contribution in [3.63, 3.8) is 0 Å². The SMILES string of the molecule is CCCCC(C)Nc1cc(OC)c(Br)cc1Br. The molecule has 17 heavy (non-hydrogen) atoms. The average molecular weight is 365 g/mol. The first-order valence-electron chi connectivity index (χ1n) is 5.88. The van der Waals surface area contributed by atoms with Gasteiger partial charge in [-0.2, -0.15) is 0 Å². The van der Waals surface area contributed by atoms with Crippen molar-refractivity contribution < 1.29 is 4.74 Å². The molecule has 2 nitrogen and oxygen atoms in total. The molecule has 0 heterocycles. The molecule has 0 bridgehead atoms. The number of anilines is 1. The van der Waals surface area contributed by atoms with E-state index in [1.54, 1.807) is 7.11 Å². The molecule has 0 aliphatic rings. The highest BCUT2D eigenvalue weighted by molar-refractivity contribution is 9.11. The van der Waals surface area contributed by atoms with Crippen molar-refractivity contribution in [3.8, 4) is 5.75 Å². The summed E-state index contributed by atoms with van der Waals surface area (Å²) in [7, 11) is 1.68. The fraction of sp³-hybridized carbons (Fsp3) is 0.538. The van der Waals surface area contributed by atoms with Crippen LogP contribution in [0.5, 0.6) is 5.75 Å². The lowest BCUT2D eigenvalue weighted by atomic mass is 10.1. The van der Waals surface area contributed by atoms with Gasteiger partial charge in [-0.15, -0.1) is 0 Å². The molecule has 0 saturated heterocycles. The van der Waals surface area contributed by atoms with Gasteiger partial charge in [-0.1, -0.05) is 19.8 Å². The monoisotopic (exact) mass is 363 g/mol. The van der Waals surface area contributed by atoms with E-state index in [-0.39, 0.29) is 0 Å². The molecule has 0 saturated carbocycles. The summed E-state index contributed by atoms with van der Waals surface area (Å²) in [5, 5.41) is 3.50. The zero-order chi connectivity index (χ0) is 12.8. The Morgan fingerprint density at radius 1 is 1.29 bits per heavy atom. The maximum atomic E-state index is 5.30. The first-order chi connectivity index (χ1) is 8.08. The van der Waals surface area contributed by atoms with Crippen LogP contribution < -0.4 is 10.1 Å². The standard InChI is InChI=1S/C13H19Br2NO/c1-4-5-6-9(2)16-12-8-13(17-3)11(15)7-10(12)14/h7-9,16H,4-6H2,1-3H3. The molecule has 4 heteroatoms. The van der Waals surface area contributed by atoms with Crippen LogP contribution in [0.1, 0.15) is 33.1 Å². The molecular weight excluding hydrogens is 346 g/mol. The number of ether oxygens (including phenoxy) is 1. The maximum Gasteiger partial charge on any atom is 0.135 e. The van der Waals surface area contributed by atoms with Gasteiger partial charge >= 0.3 is 0 Å². The Morgan fingerprint density at radius 2 is 2.00 bits per heavy atom. The van der Waals surface area contributed by atoms with Gasteiger partial charge in [-0.25, -0.2) is 0 Å². The second kappa shape index (κ2) is 7.27. The van der Waals surface area contributed by atoms with Gasteiger partial charge in [0.15, 0.2) is 0 Å². The minimum Gasteiger partial charge on any atom is -0.495 e. The summed E-state index contributed by atoms with van der Waals surface area (Å²) in [5.74, 6) is 0.846. The van der Waals surface area contributed by atoms with E-state index in [4.69, 9.17) is 4.74 Å². The van der Waals surface area contributed by atoms with Crippen LogP contribution in [0, 0.1) is 0 Å². The molecule has 0 radical (unpaired) electrons. The Hall–Kier alpha value is -0.220. The van der Waals surface area contributed by atoms with Crippen molar-refractivity contribution in [2.45, 2.75) is 39.2 Å². The molecule has 1 aromatic rings. The van der Waals surface area contributed by atoms with E-state index in [9.17, 15) is 0 Å². The van der Waals surface area contributed by atoms with Gasteiger partial charge in [0, 0.05) is 16.6 Å². The van der Waals surface area contributed by atoms with Gasteiger partial charge < -0.3 is 10.1 Å². The van der Waals surface area contributed by atoms with E-state index in [0.29, 0.717) is 6.04 Å². The lowest BCUT2D eigenvalue weighted by molar-refractivity contribution is 0.412.